The first-order valence-electron chi connectivity index (χ1n) is 6.59. The molecule has 0 aromatic heterocycles. The molecule has 0 heterocycles. The van der Waals surface area contributed by atoms with Crippen LogP contribution in [0.25, 0.3) is 0 Å². The van der Waals surface area contributed by atoms with Crippen molar-refractivity contribution in [1.82, 2.24) is 5.32 Å². The first-order valence-corrected chi connectivity index (χ1v) is 6.59. The number of hydrogen-bond acceptors (Lipinski definition) is 3. The van der Waals surface area contributed by atoms with Crippen molar-refractivity contribution >= 4 is 0 Å². The van der Waals surface area contributed by atoms with Crippen molar-refractivity contribution in [2.45, 2.75) is 33.2 Å². The first kappa shape index (κ1) is 14.8. The quantitative estimate of drug-likeness (QED) is 0.808. The maximum absolute atomic E-state index is 5.85. The van der Waals surface area contributed by atoms with E-state index in [0.29, 0.717) is 18.6 Å². The monoisotopic (exact) mass is 251 g/mol. The standard InChI is InChI=1S/C15H25NO2/c1-6-12-7-8-14(15(9-12)17-5)18-10-13(16-4)11(2)3/h7-9,11,13,16H,6,10H2,1-5H3. The summed E-state index contributed by atoms with van der Waals surface area (Å²) in [6.45, 7) is 7.14. The van der Waals surface area contributed by atoms with Crippen LogP contribution < -0.4 is 14.8 Å². The van der Waals surface area contributed by atoms with E-state index in [0.717, 1.165) is 17.9 Å². The van der Waals surface area contributed by atoms with Crippen LogP contribution in [0.4, 0.5) is 0 Å². The Morgan fingerprint density at radius 3 is 2.44 bits per heavy atom. The molecule has 0 bridgehead atoms. The van der Waals surface area contributed by atoms with Crippen LogP contribution in [-0.4, -0.2) is 26.8 Å². The van der Waals surface area contributed by atoms with Crippen molar-refractivity contribution in [3.63, 3.8) is 0 Å². The van der Waals surface area contributed by atoms with E-state index in [1.165, 1.54) is 5.56 Å². The van der Waals surface area contributed by atoms with Gasteiger partial charge in [-0.25, -0.2) is 0 Å². The van der Waals surface area contributed by atoms with Crippen LogP contribution in [0.2, 0.25) is 0 Å². The van der Waals surface area contributed by atoms with Gasteiger partial charge in [-0.05, 0) is 37.1 Å². The number of methoxy groups -OCH3 is 1. The fourth-order valence-electron chi connectivity index (χ4n) is 1.84. The van der Waals surface area contributed by atoms with E-state index in [1.807, 2.05) is 19.2 Å². The van der Waals surface area contributed by atoms with E-state index >= 15 is 0 Å². The lowest BCUT2D eigenvalue weighted by Gasteiger charge is -2.21. The molecular weight excluding hydrogens is 226 g/mol. The molecule has 18 heavy (non-hydrogen) atoms. The van der Waals surface area contributed by atoms with Gasteiger partial charge in [0.1, 0.15) is 6.61 Å². The molecule has 0 amide bonds. The Balaban J connectivity index is 2.72. The Bertz CT molecular complexity index is 364. The number of hydrogen-bond donors (Lipinski definition) is 1. The average molecular weight is 251 g/mol. The molecule has 102 valence electrons. The molecule has 0 radical (unpaired) electrons. The number of ether oxygens (including phenoxy) is 2. The number of benzene rings is 1. The molecule has 0 saturated carbocycles. The lowest BCUT2D eigenvalue weighted by atomic mass is 10.1. The van der Waals surface area contributed by atoms with Gasteiger partial charge in [-0.1, -0.05) is 26.8 Å². The van der Waals surface area contributed by atoms with Gasteiger partial charge in [0.15, 0.2) is 11.5 Å². The maximum atomic E-state index is 5.85. The maximum Gasteiger partial charge on any atom is 0.161 e. The summed E-state index contributed by atoms with van der Waals surface area (Å²) in [5.74, 6) is 2.17. The topological polar surface area (TPSA) is 30.5 Å². The molecule has 3 nitrogen and oxygen atoms in total. The normalized spacial score (nSPS) is 12.6. The van der Waals surface area contributed by atoms with Crippen molar-refractivity contribution in [1.29, 1.82) is 0 Å². The highest BCUT2D eigenvalue weighted by Gasteiger charge is 2.13. The zero-order valence-electron chi connectivity index (χ0n) is 12.1. The molecule has 1 N–H and O–H groups in total. The van der Waals surface area contributed by atoms with Crippen LogP contribution >= 0.6 is 0 Å². The second kappa shape index (κ2) is 7.27. The number of nitrogens with one attached hydrogen (secondary N) is 1. The van der Waals surface area contributed by atoms with Gasteiger partial charge in [0.2, 0.25) is 0 Å². The summed E-state index contributed by atoms with van der Waals surface area (Å²) >= 11 is 0. The van der Waals surface area contributed by atoms with E-state index in [2.05, 4.69) is 32.2 Å². The molecule has 3 heteroatoms. The molecule has 0 aliphatic carbocycles. The van der Waals surface area contributed by atoms with E-state index in [9.17, 15) is 0 Å². The largest absolute Gasteiger partial charge is 0.493 e. The Morgan fingerprint density at radius 1 is 1.22 bits per heavy atom. The summed E-state index contributed by atoms with van der Waals surface area (Å²) < 4.78 is 11.2. The van der Waals surface area contributed by atoms with Gasteiger partial charge < -0.3 is 14.8 Å². The molecule has 0 aliphatic heterocycles. The second-order valence-corrected chi connectivity index (χ2v) is 4.79. The summed E-state index contributed by atoms with van der Waals surface area (Å²) in [6.07, 6.45) is 1.00. The van der Waals surface area contributed by atoms with Gasteiger partial charge in [0.05, 0.1) is 7.11 Å². The summed E-state index contributed by atoms with van der Waals surface area (Å²) in [5, 5.41) is 3.27. The summed E-state index contributed by atoms with van der Waals surface area (Å²) in [4.78, 5) is 0. The van der Waals surface area contributed by atoms with Crippen molar-refractivity contribution in [2.75, 3.05) is 20.8 Å². The Kier molecular flexibility index (Phi) is 5.99. The lowest BCUT2D eigenvalue weighted by Crippen LogP contribution is -2.36. The van der Waals surface area contributed by atoms with Gasteiger partial charge in [-0.15, -0.1) is 0 Å². The zero-order chi connectivity index (χ0) is 13.5. The van der Waals surface area contributed by atoms with E-state index in [-0.39, 0.29) is 0 Å². The smallest absolute Gasteiger partial charge is 0.161 e. The zero-order valence-corrected chi connectivity index (χ0v) is 12.1. The van der Waals surface area contributed by atoms with Gasteiger partial charge >= 0.3 is 0 Å². The minimum atomic E-state index is 0.348. The number of likely N-dealkylation sites (N-methyl/N-ethyl adjacent to an activating group) is 1. The van der Waals surface area contributed by atoms with Crippen molar-refractivity contribution in [3.05, 3.63) is 23.8 Å². The predicted octanol–water partition coefficient (Wildman–Crippen LogP) is 2.88. The van der Waals surface area contributed by atoms with Crippen LogP contribution in [0.1, 0.15) is 26.3 Å². The van der Waals surface area contributed by atoms with Gasteiger partial charge in [0.25, 0.3) is 0 Å². The minimum absolute atomic E-state index is 0.348. The molecule has 1 aromatic rings. The van der Waals surface area contributed by atoms with Gasteiger partial charge in [-0.3, -0.25) is 0 Å². The van der Waals surface area contributed by atoms with Gasteiger partial charge in [0, 0.05) is 6.04 Å². The molecule has 1 aromatic carbocycles. The molecule has 0 spiro atoms. The highest BCUT2D eigenvalue weighted by Crippen LogP contribution is 2.28. The van der Waals surface area contributed by atoms with E-state index in [4.69, 9.17) is 9.47 Å². The summed E-state index contributed by atoms with van der Waals surface area (Å²) in [5.41, 5.74) is 1.26. The molecule has 1 rings (SSSR count). The summed E-state index contributed by atoms with van der Waals surface area (Å²) in [7, 11) is 3.64. The first-order chi connectivity index (χ1) is 8.62. The second-order valence-electron chi connectivity index (χ2n) is 4.79. The van der Waals surface area contributed by atoms with Crippen LogP contribution in [0.3, 0.4) is 0 Å². The molecule has 1 unspecified atom stereocenters. The third kappa shape index (κ3) is 3.91. The predicted molar refractivity (Wildman–Crippen MR) is 75.6 cm³/mol. The van der Waals surface area contributed by atoms with E-state index in [1.54, 1.807) is 7.11 Å². The molecule has 1 atom stereocenters. The van der Waals surface area contributed by atoms with E-state index < -0.39 is 0 Å². The lowest BCUT2D eigenvalue weighted by molar-refractivity contribution is 0.229. The average Bonchev–Trinajstić information content (AvgIpc) is 2.39. The third-order valence-corrected chi connectivity index (χ3v) is 3.23. The molecular formula is C15H25NO2. The Labute approximate surface area is 110 Å². The van der Waals surface area contributed by atoms with Crippen LogP contribution in [0, 0.1) is 5.92 Å². The molecule has 0 fully saturated rings. The SMILES string of the molecule is CCc1ccc(OCC(NC)C(C)C)c(OC)c1. The molecule has 0 saturated heterocycles. The fraction of sp³-hybridized carbons (Fsp3) is 0.600. The minimum Gasteiger partial charge on any atom is -0.493 e. The fourth-order valence-corrected chi connectivity index (χ4v) is 1.84. The summed E-state index contributed by atoms with van der Waals surface area (Å²) in [6, 6.07) is 6.46. The third-order valence-electron chi connectivity index (χ3n) is 3.23. The van der Waals surface area contributed by atoms with Crippen molar-refractivity contribution < 1.29 is 9.47 Å². The Hall–Kier alpha value is -1.22. The molecule has 0 aliphatic rings. The van der Waals surface area contributed by atoms with Crippen LogP contribution in [0.15, 0.2) is 18.2 Å². The number of rotatable bonds is 7. The van der Waals surface area contributed by atoms with Gasteiger partial charge in [-0.2, -0.15) is 0 Å². The Morgan fingerprint density at radius 2 is 1.94 bits per heavy atom. The number of aryl methyl sites for hydroxylation is 1. The van der Waals surface area contributed by atoms with Crippen molar-refractivity contribution in [2.24, 2.45) is 5.92 Å². The van der Waals surface area contributed by atoms with Crippen LogP contribution in [-0.2, 0) is 6.42 Å². The van der Waals surface area contributed by atoms with Crippen molar-refractivity contribution in [3.8, 4) is 11.5 Å². The highest BCUT2D eigenvalue weighted by molar-refractivity contribution is 5.42. The van der Waals surface area contributed by atoms with Crippen LogP contribution in [0.5, 0.6) is 11.5 Å². The highest BCUT2D eigenvalue weighted by atomic mass is 16.5.